The van der Waals surface area contributed by atoms with Crippen molar-refractivity contribution in [2.24, 2.45) is 0 Å². The normalized spacial score (nSPS) is 20.6. The summed E-state index contributed by atoms with van der Waals surface area (Å²) in [5, 5.41) is 15.8. The van der Waals surface area contributed by atoms with Gasteiger partial charge in [-0.2, -0.15) is 5.10 Å². The number of hydrogen-bond acceptors (Lipinski definition) is 4. The Kier molecular flexibility index (Phi) is 4.09. The predicted octanol–water partition coefficient (Wildman–Crippen LogP) is 4.98. The molecule has 3 N–H and O–H groups in total. The first-order valence-corrected chi connectivity index (χ1v) is 9.90. The van der Waals surface area contributed by atoms with E-state index in [-0.39, 0.29) is 6.04 Å². The highest BCUT2D eigenvalue weighted by molar-refractivity contribution is 5.90. The Morgan fingerprint density at radius 3 is 2.53 bits per heavy atom. The molecule has 1 aliphatic carbocycles. The zero-order valence-corrected chi connectivity index (χ0v) is 16.6. The summed E-state index contributed by atoms with van der Waals surface area (Å²) in [5.41, 5.74) is 10.1. The molecule has 0 spiro atoms. The van der Waals surface area contributed by atoms with Crippen LogP contribution in [-0.4, -0.2) is 25.5 Å². The van der Waals surface area contributed by atoms with E-state index in [1.807, 2.05) is 60.7 Å². The summed E-state index contributed by atoms with van der Waals surface area (Å²) in [5.74, 6) is 0.353. The fourth-order valence-electron chi connectivity index (χ4n) is 4.18. The molecule has 0 saturated heterocycles. The van der Waals surface area contributed by atoms with Crippen molar-refractivity contribution in [2.45, 2.75) is 31.4 Å². The lowest BCUT2D eigenvalue weighted by Gasteiger charge is -2.41. The first-order valence-electron chi connectivity index (χ1n) is 9.90. The molecular formula is C24H21N5O. The largest absolute Gasteiger partial charge is 0.393 e. The van der Waals surface area contributed by atoms with Crippen molar-refractivity contribution >= 4 is 22.4 Å². The second-order valence-corrected chi connectivity index (χ2v) is 8.17. The van der Waals surface area contributed by atoms with Crippen molar-refractivity contribution in [3.63, 3.8) is 0 Å². The van der Waals surface area contributed by atoms with Gasteiger partial charge in [0.25, 0.3) is 5.69 Å². The van der Waals surface area contributed by atoms with Gasteiger partial charge in [-0.15, -0.1) is 0 Å². The van der Waals surface area contributed by atoms with Crippen molar-refractivity contribution in [3.8, 4) is 22.5 Å². The van der Waals surface area contributed by atoms with Crippen LogP contribution in [0.1, 0.15) is 25.8 Å². The summed E-state index contributed by atoms with van der Waals surface area (Å²) in [6.07, 6.45) is 1.16. The molecule has 148 valence electrons. The zero-order chi connectivity index (χ0) is 20.9. The van der Waals surface area contributed by atoms with E-state index >= 15 is 0 Å². The maximum Gasteiger partial charge on any atom is 0.254 e. The van der Waals surface area contributed by atoms with Gasteiger partial charge >= 0.3 is 0 Å². The molecule has 0 atom stereocenters. The number of aromatic nitrogens is 3. The highest BCUT2D eigenvalue weighted by Gasteiger charge is 2.41. The number of nitrogen functional groups attached to an aromatic ring is 1. The van der Waals surface area contributed by atoms with E-state index in [1.165, 1.54) is 0 Å². The molecule has 0 aliphatic heterocycles. The molecule has 0 bridgehead atoms. The first-order chi connectivity index (χ1) is 14.4. The average Bonchev–Trinajstić information content (AvgIpc) is 3.07. The Morgan fingerprint density at radius 2 is 1.83 bits per heavy atom. The molecule has 0 radical (unpaired) electrons. The van der Waals surface area contributed by atoms with Crippen molar-refractivity contribution in [3.05, 3.63) is 72.1 Å². The number of hydrogen-bond donors (Lipinski definition) is 2. The molecule has 2 aromatic carbocycles. The molecule has 2 heterocycles. The van der Waals surface area contributed by atoms with Gasteiger partial charge in [0.05, 0.1) is 29.4 Å². The van der Waals surface area contributed by atoms with Crippen LogP contribution in [0.15, 0.2) is 60.7 Å². The number of fused-ring (bicyclic) bond motifs is 1. The molecule has 0 unspecified atom stereocenters. The van der Waals surface area contributed by atoms with Gasteiger partial charge in [0.2, 0.25) is 0 Å². The van der Waals surface area contributed by atoms with Gasteiger partial charge in [0.1, 0.15) is 11.5 Å². The molecule has 5 rings (SSSR count). The second-order valence-electron chi connectivity index (χ2n) is 8.17. The summed E-state index contributed by atoms with van der Waals surface area (Å²) in [6.45, 7) is 9.42. The number of nitrogens with two attached hydrogens (primary N) is 1. The van der Waals surface area contributed by atoms with Gasteiger partial charge in [0, 0.05) is 10.9 Å². The zero-order valence-electron chi connectivity index (χ0n) is 16.6. The van der Waals surface area contributed by atoms with Crippen LogP contribution in [0, 0.1) is 6.57 Å². The van der Waals surface area contributed by atoms with E-state index in [2.05, 4.69) is 9.94 Å². The van der Waals surface area contributed by atoms with Crippen LogP contribution >= 0.6 is 0 Å². The minimum Gasteiger partial charge on any atom is -0.393 e. The van der Waals surface area contributed by atoms with Gasteiger partial charge in [-0.25, -0.2) is 9.83 Å². The second kappa shape index (κ2) is 6.68. The van der Waals surface area contributed by atoms with Gasteiger partial charge in [-0.3, -0.25) is 4.68 Å². The van der Waals surface area contributed by atoms with Crippen molar-refractivity contribution in [2.75, 3.05) is 5.73 Å². The summed E-state index contributed by atoms with van der Waals surface area (Å²) in [4.78, 5) is 8.47. The molecule has 6 heteroatoms. The van der Waals surface area contributed by atoms with E-state index in [1.54, 1.807) is 11.6 Å². The fourth-order valence-corrected chi connectivity index (χ4v) is 4.18. The number of benzene rings is 2. The van der Waals surface area contributed by atoms with Crippen LogP contribution < -0.4 is 5.73 Å². The van der Waals surface area contributed by atoms with Crippen LogP contribution in [0.5, 0.6) is 0 Å². The third-order valence-corrected chi connectivity index (χ3v) is 5.76. The van der Waals surface area contributed by atoms with Crippen molar-refractivity contribution in [1.29, 1.82) is 0 Å². The topological polar surface area (TPSA) is 81.3 Å². The molecule has 1 saturated carbocycles. The van der Waals surface area contributed by atoms with E-state index < -0.39 is 5.60 Å². The number of pyridine rings is 1. The number of aliphatic hydroxyl groups is 1. The highest BCUT2D eigenvalue weighted by atomic mass is 16.3. The smallest absolute Gasteiger partial charge is 0.254 e. The molecule has 30 heavy (non-hydrogen) atoms. The Bertz CT molecular complexity index is 1290. The van der Waals surface area contributed by atoms with E-state index in [0.717, 1.165) is 27.7 Å². The van der Waals surface area contributed by atoms with Crippen molar-refractivity contribution in [1.82, 2.24) is 14.8 Å². The van der Waals surface area contributed by atoms with Crippen LogP contribution in [0.3, 0.4) is 0 Å². The average molecular weight is 395 g/mol. The number of rotatable bonds is 3. The van der Waals surface area contributed by atoms with Crippen LogP contribution in [0.2, 0.25) is 0 Å². The number of anilines is 1. The summed E-state index contributed by atoms with van der Waals surface area (Å²) in [6, 6.07) is 20.0. The lowest BCUT2D eigenvalue weighted by atomic mass is 9.77. The lowest BCUT2D eigenvalue weighted by molar-refractivity contribution is -0.0535. The Balaban J connectivity index is 1.58. The third kappa shape index (κ3) is 3.00. The van der Waals surface area contributed by atoms with Crippen LogP contribution in [0.4, 0.5) is 11.5 Å². The molecular weight excluding hydrogens is 374 g/mol. The van der Waals surface area contributed by atoms with Gasteiger partial charge in [-0.1, -0.05) is 48.5 Å². The third-order valence-electron chi connectivity index (χ3n) is 5.76. The van der Waals surface area contributed by atoms with Gasteiger partial charge in [-0.05, 0) is 37.5 Å². The lowest BCUT2D eigenvalue weighted by Crippen LogP contribution is -2.42. The minimum absolute atomic E-state index is 0.0116. The SMILES string of the molecule is [C-]#[N+]c1c(-c2ccc3ccc(-c4ccccc4)nc3c2)nn(C2CC(C)(O)C2)c1N. The number of nitrogens with zero attached hydrogens (tertiary/aromatic N) is 4. The molecule has 0 amide bonds. The van der Waals surface area contributed by atoms with E-state index in [0.29, 0.717) is 30.0 Å². The fraction of sp³-hybridized carbons (Fsp3) is 0.208. The van der Waals surface area contributed by atoms with Gasteiger partial charge < -0.3 is 10.8 Å². The molecule has 4 aromatic rings. The van der Waals surface area contributed by atoms with Crippen LogP contribution in [-0.2, 0) is 0 Å². The standard InChI is InChI=1S/C24H21N5O/c1-24(30)13-18(14-24)29-23(25)22(26-2)21(28-29)17-9-8-16-10-11-19(27-20(16)12-17)15-6-4-3-5-7-15/h3-12,18,30H,13-14,25H2,1H3. The first kappa shape index (κ1) is 18.3. The summed E-state index contributed by atoms with van der Waals surface area (Å²) >= 11 is 0. The monoisotopic (exact) mass is 395 g/mol. The quantitative estimate of drug-likeness (QED) is 0.479. The predicted molar refractivity (Wildman–Crippen MR) is 118 cm³/mol. The maximum absolute atomic E-state index is 10.1. The molecule has 2 aromatic heterocycles. The highest BCUT2D eigenvalue weighted by Crippen LogP contribution is 2.45. The van der Waals surface area contributed by atoms with Crippen molar-refractivity contribution < 1.29 is 5.11 Å². The van der Waals surface area contributed by atoms with Gasteiger partial charge in [0.15, 0.2) is 0 Å². The summed E-state index contributed by atoms with van der Waals surface area (Å²) < 4.78 is 1.69. The Hall–Kier alpha value is -3.69. The Labute approximate surface area is 174 Å². The molecule has 1 fully saturated rings. The van der Waals surface area contributed by atoms with Crippen LogP contribution in [0.25, 0.3) is 38.3 Å². The van der Waals surface area contributed by atoms with E-state index in [4.69, 9.17) is 17.3 Å². The molecule has 6 nitrogen and oxygen atoms in total. The Morgan fingerprint density at radius 1 is 1.10 bits per heavy atom. The van der Waals surface area contributed by atoms with E-state index in [9.17, 15) is 5.11 Å². The minimum atomic E-state index is -0.692. The maximum atomic E-state index is 10.1. The summed E-state index contributed by atoms with van der Waals surface area (Å²) in [7, 11) is 0. The molecule has 1 aliphatic rings.